The van der Waals surface area contributed by atoms with E-state index in [-0.39, 0.29) is 0 Å². The van der Waals surface area contributed by atoms with Crippen LogP contribution in [0.3, 0.4) is 0 Å². The van der Waals surface area contributed by atoms with Crippen LogP contribution >= 0.6 is 11.3 Å². The molecule has 1 heterocycles. The summed E-state index contributed by atoms with van der Waals surface area (Å²) in [4.78, 5) is 4.89. The summed E-state index contributed by atoms with van der Waals surface area (Å²) >= 11 is 1.90. The monoisotopic (exact) mass is 265 g/mol. The van der Waals surface area contributed by atoms with E-state index in [0.717, 1.165) is 11.8 Å². The second-order valence-electron chi connectivity index (χ2n) is 5.93. The first-order valence-electron chi connectivity index (χ1n) is 7.69. The Kier molecular flexibility index (Phi) is 5.23. The lowest BCUT2D eigenvalue weighted by molar-refractivity contribution is 0.307. The summed E-state index contributed by atoms with van der Waals surface area (Å²) in [5.41, 5.74) is 1.33. The Labute approximate surface area is 116 Å². The van der Waals surface area contributed by atoms with Crippen molar-refractivity contribution in [1.29, 1.82) is 0 Å². The molecular formula is C16H27NS. The van der Waals surface area contributed by atoms with Crippen LogP contribution in [0.25, 0.3) is 0 Å². The molecule has 0 radical (unpaired) electrons. The van der Waals surface area contributed by atoms with Gasteiger partial charge in [0.15, 0.2) is 0 Å². The Morgan fingerprint density at radius 2 is 2.00 bits per heavy atom. The van der Waals surface area contributed by atoms with Gasteiger partial charge in [0.2, 0.25) is 0 Å². The van der Waals surface area contributed by atoms with Crippen LogP contribution in [0, 0.1) is 5.92 Å². The highest BCUT2D eigenvalue weighted by atomic mass is 32.1. The number of hydrogen-bond acceptors (Lipinski definition) is 2. The highest BCUT2D eigenvalue weighted by Gasteiger charge is 2.24. The predicted octanol–water partition coefficient (Wildman–Crippen LogP) is 5.73. The van der Waals surface area contributed by atoms with E-state index in [2.05, 4.69) is 26.2 Å². The van der Waals surface area contributed by atoms with Crippen molar-refractivity contribution in [2.75, 3.05) is 0 Å². The lowest BCUT2D eigenvalue weighted by Crippen LogP contribution is -2.13. The van der Waals surface area contributed by atoms with Crippen molar-refractivity contribution in [3.05, 3.63) is 16.1 Å². The largest absolute Gasteiger partial charge is 0.246 e. The SMILES string of the molecule is CCCC1CCC(c2nc(C(C)CC)cs2)CC1. The maximum atomic E-state index is 4.89. The van der Waals surface area contributed by atoms with Crippen LogP contribution in [0.2, 0.25) is 0 Å². The second-order valence-corrected chi connectivity index (χ2v) is 6.82. The van der Waals surface area contributed by atoms with Crippen LogP contribution in [0.5, 0.6) is 0 Å². The van der Waals surface area contributed by atoms with E-state index in [1.807, 2.05) is 11.3 Å². The van der Waals surface area contributed by atoms with Crippen molar-refractivity contribution in [3.63, 3.8) is 0 Å². The fourth-order valence-corrected chi connectivity index (χ4v) is 4.14. The number of nitrogens with zero attached hydrogens (tertiary/aromatic N) is 1. The molecule has 18 heavy (non-hydrogen) atoms. The third-order valence-corrected chi connectivity index (χ3v) is 5.58. The van der Waals surface area contributed by atoms with E-state index in [4.69, 9.17) is 4.98 Å². The highest BCUT2D eigenvalue weighted by molar-refractivity contribution is 7.09. The van der Waals surface area contributed by atoms with Crippen LogP contribution in [0.15, 0.2) is 5.38 Å². The molecule has 0 aromatic carbocycles. The lowest BCUT2D eigenvalue weighted by Gasteiger charge is -2.27. The van der Waals surface area contributed by atoms with Crippen molar-refractivity contribution in [3.8, 4) is 0 Å². The van der Waals surface area contributed by atoms with Gasteiger partial charge in [0.1, 0.15) is 0 Å². The molecule has 1 saturated carbocycles. The van der Waals surface area contributed by atoms with E-state index in [0.29, 0.717) is 5.92 Å². The normalized spacial score (nSPS) is 26.2. The van der Waals surface area contributed by atoms with Gasteiger partial charge in [0.25, 0.3) is 0 Å². The van der Waals surface area contributed by atoms with E-state index >= 15 is 0 Å². The minimum Gasteiger partial charge on any atom is -0.246 e. The molecule has 0 amide bonds. The summed E-state index contributed by atoms with van der Waals surface area (Å²) in [5, 5.41) is 3.71. The molecular weight excluding hydrogens is 238 g/mol. The molecule has 1 atom stereocenters. The molecule has 0 aliphatic heterocycles. The molecule has 2 heteroatoms. The van der Waals surface area contributed by atoms with Crippen molar-refractivity contribution in [1.82, 2.24) is 4.98 Å². The predicted molar refractivity (Wildman–Crippen MR) is 80.4 cm³/mol. The van der Waals surface area contributed by atoms with Crippen LogP contribution in [-0.4, -0.2) is 4.98 Å². The number of thiazole rings is 1. The number of rotatable bonds is 5. The van der Waals surface area contributed by atoms with Crippen LogP contribution in [-0.2, 0) is 0 Å². The van der Waals surface area contributed by atoms with Crippen LogP contribution in [0.1, 0.15) is 88.3 Å². The Bertz CT molecular complexity index is 350. The van der Waals surface area contributed by atoms with Gasteiger partial charge in [0, 0.05) is 11.3 Å². The van der Waals surface area contributed by atoms with Crippen molar-refractivity contribution >= 4 is 11.3 Å². The molecule has 102 valence electrons. The average molecular weight is 265 g/mol. The molecule has 0 saturated heterocycles. The minimum absolute atomic E-state index is 0.631. The summed E-state index contributed by atoms with van der Waals surface area (Å²) in [6, 6.07) is 0. The summed E-state index contributed by atoms with van der Waals surface area (Å²) in [6.07, 6.45) is 9.59. The molecule has 0 bridgehead atoms. The van der Waals surface area contributed by atoms with Gasteiger partial charge in [-0.3, -0.25) is 0 Å². The zero-order chi connectivity index (χ0) is 13.0. The summed E-state index contributed by atoms with van der Waals surface area (Å²) < 4.78 is 0. The van der Waals surface area contributed by atoms with E-state index in [1.165, 1.54) is 55.6 Å². The Balaban J connectivity index is 1.91. The zero-order valence-corrected chi connectivity index (χ0v) is 12.9. The third-order valence-electron chi connectivity index (χ3n) is 4.55. The molecule has 1 aliphatic rings. The Hall–Kier alpha value is -0.370. The second kappa shape index (κ2) is 6.70. The fourth-order valence-electron chi connectivity index (χ4n) is 3.03. The molecule has 1 aromatic rings. The van der Waals surface area contributed by atoms with Crippen LogP contribution < -0.4 is 0 Å². The van der Waals surface area contributed by atoms with Gasteiger partial charge in [0.05, 0.1) is 10.7 Å². The van der Waals surface area contributed by atoms with Crippen molar-refractivity contribution < 1.29 is 0 Å². The summed E-state index contributed by atoms with van der Waals surface area (Å²) in [7, 11) is 0. The molecule has 1 unspecified atom stereocenters. The first kappa shape index (κ1) is 14.0. The van der Waals surface area contributed by atoms with Gasteiger partial charge >= 0.3 is 0 Å². The smallest absolute Gasteiger partial charge is 0.0959 e. The molecule has 2 rings (SSSR count). The molecule has 1 nitrogen and oxygen atoms in total. The van der Waals surface area contributed by atoms with Gasteiger partial charge in [-0.15, -0.1) is 11.3 Å². The Morgan fingerprint density at radius 3 is 2.61 bits per heavy atom. The maximum absolute atomic E-state index is 4.89. The van der Waals surface area contributed by atoms with Gasteiger partial charge in [-0.2, -0.15) is 0 Å². The van der Waals surface area contributed by atoms with Gasteiger partial charge in [-0.25, -0.2) is 4.98 Å². The average Bonchev–Trinajstić information content (AvgIpc) is 2.89. The molecule has 1 aliphatic carbocycles. The molecule has 0 spiro atoms. The van der Waals surface area contributed by atoms with Crippen molar-refractivity contribution in [2.24, 2.45) is 5.92 Å². The molecule has 1 fully saturated rings. The minimum atomic E-state index is 0.631. The van der Waals surface area contributed by atoms with Gasteiger partial charge in [-0.05, 0) is 43.9 Å². The molecule has 0 N–H and O–H groups in total. The number of hydrogen-bond donors (Lipinski definition) is 0. The van der Waals surface area contributed by atoms with E-state index in [1.54, 1.807) is 0 Å². The van der Waals surface area contributed by atoms with Gasteiger partial charge < -0.3 is 0 Å². The first-order valence-corrected chi connectivity index (χ1v) is 8.57. The zero-order valence-electron chi connectivity index (χ0n) is 12.1. The highest BCUT2D eigenvalue weighted by Crippen LogP contribution is 2.39. The lowest BCUT2D eigenvalue weighted by atomic mass is 9.80. The van der Waals surface area contributed by atoms with Gasteiger partial charge in [-0.1, -0.05) is 33.6 Å². The Morgan fingerprint density at radius 1 is 1.28 bits per heavy atom. The third kappa shape index (κ3) is 3.34. The topological polar surface area (TPSA) is 12.9 Å². The van der Waals surface area contributed by atoms with Crippen LogP contribution in [0.4, 0.5) is 0 Å². The number of aromatic nitrogens is 1. The summed E-state index contributed by atoms with van der Waals surface area (Å²) in [5.74, 6) is 2.40. The van der Waals surface area contributed by atoms with Crippen molar-refractivity contribution in [2.45, 2.75) is 77.6 Å². The first-order chi connectivity index (χ1) is 8.74. The standard InChI is InChI=1S/C16H27NS/c1-4-6-13-7-9-14(10-8-13)16-17-15(11-18-16)12(3)5-2/h11-14H,4-10H2,1-3H3. The molecule has 1 aromatic heterocycles. The summed E-state index contributed by atoms with van der Waals surface area (Å²) in [6.45, 7) is 6.85. The fraction of sp³-hybridized carbons (Fsp3) is 0.812. The maximum Gasteiger partial charge on any atom is 0.0959 e. The van der Waals surface area contributed by atoms with E-state index < -0.39 is 0 Å². The quantitative estimate of drug-likeness (QED) is 0.662. The van der Waals surface area contributed by atoms with E-state index in [9.17, 15) is 0 Å².